The Labute approximate surface area is 190 Å². The van der Waals surface area contributed by atoms with Gasteiger partial charge in [-0.25, -0.2) is 4.98 Å². The fourth-order valence-corrected chi connectivity index (χ4v) is 4.11. The van der Waals surface area contributed by atoms with E-state index >= 15 is 0 Å². The highest BCUT2D eigenvalue weighted by atomic mass is 127. The molecule has 0 aliphatic heterocycles. The number of imidazole rings is 1. The maximum atomic E-state index is 10.6. The fourth-order valence-electron chi connectivity index (χ4n) is 3.45. The van der Waals surface area contributed by atoms with Gasteiger partial charge in [-0.2, -0.15) is 0 Å². The molecule has 4 rings (SSSR count). The van der Waals surface area contributed by atoms with Crippen LogP contribution in [0.5, 0.6) is 0 Å². The summed E-state index contributed by atoms with van der Waals surface area (Å²) >= 11 is 2.37. The molecular weight excluding hydrogens is 485 g/mol. The SMILES string of the molecule is CC(C)(O)c1cn(-c2ccc(-c3cccc(N)c3)cc2)c(-c2ccccc2CI)n1. The fraction of sp³-hybridized carbons (Fsp3) is 0.160. The number of anilines is 1. The Bertz CT molecular complexity index is 1170. The van der Waals surface area contributed by atoms with Crippen molar-refractivity contribution >= 4 is 28.3 Å². The Hall–Kier alpha value is -2.64. The summed E-state index contributed by atoms with van der Waals surface area (Å²) in [7, 11) is 0. The summed E-state index contributed by atoms with van der Waals surface area (Å²) in [4.78, 5) is 4.82. The molecule has 0 atom stereocenters. The van der Waals surface area contributed by atoms with Gasteiger partial charge in [0.1, 0.15) is 11.4 Å². The van der Waals surface area contributed by atoms with Crippen LogP contribution in [-0.4, -0.2) is 14.7 Å². The maximum absolute atomic E-state index is 10.6. The molecule has 30 heavy (non-hydrogen) atoms. The number of nitrogens with zero attached hydrogens (tertiary/aromatic N) is 2. The number of nitrogens with two attached hydrogens (primary N) is 1. The van der Waals surface area contributed by atoms with E-state index in [-0.39, 0.29) is 0 Å². The van der Waals surface area contributed by atoms with Crippen LogP contribution in [0.1, 0.15) is 25.1 Å². The molecule has 0 bridgehead atoms. The largest absolute Gasteiger partial charge is 0.399 e. The lowest BCUT2D eigenvalue weighted by Gasteiger charge is -2.13. The van der Waals surface area contributed by atoms with Gasteiger partial charge >= 0.3 is 0 Å². The first-order chi connectivity index (χ1) is 14.4. The third-order valence-corrected chi connectivity index (χ3v) is 5.92. The summed E-state index contributed by atoms with van der Waals surface area (Å²) in [6.45, 7) is 3.52. The molecule has 4 aromatic rings. The molecule has 0 saturated carbocycles. The van der Waals surface area contributed by atoms with Crippen molar-refractivity contribution in [2.45, 2.75) is 23.9 Å². The van der Waals surface area contributed by atoms with E-state index in [2.05, 4.69) is 69.6 Å². The standard InChI is InChI=1S/C25H24IN3O/c1-25(2,30)23-16-29(24(28-23)22-9-4-3-6-19(22)15-26)21-12-10-17(11-13-21)18-7-5-8-20(27)14-18/h3-14,16,30H,15,27H2,1-2H3. The highest BCUT2D eigenvalue weighted by Gasteiger charge is 2.23. The molecule has 4 nitrogen and oxygen atoms in total. The predicted octanol–water partition coefficient (Wildman–Crippen LogP) is 5.95. The van der Waals surface area contributed by atoms with Crippen LogP contribution in [-0.2, 0) is 10.0 Å². The second kappa shape index (κ2) is 8.24. The Kier molecular flexibility index (Phi) is 5.66. The summed E-state index contributed by atoms with van der Waals surface area (Å²) in [6.07, 6.45) is 1.93. The van der Waals surface area contributed by atoms with E-state index in [1.165, 1.54) is 5.56 Å². The van der Waals surface area contributed by atoms with Crippen molar-refractivity contribution in [1.82, 2.24) is 9.55 Å². The number of halogens is 1. The smallest absolute Gasteiger partial charge is 0.145 e. The first-order valence-corrected chi connectivity index (χ1v) is 11.3. The second-order valence-corrected chi connectivity index (χ2v) is 8.60. The van der Waals surface area contributed by atoms with Crippen LogP contribution in [0, 0.1) is 0 Å². The predicted molar refractivity (Wildman–Crippen MR) is 132 cm³/mol. The number of rotatable bonds is 5. The number of hydrogen-bond donors (Lipinski definition) is 2. The minimum absolute atomic E-state index is 0.640. The molecule has 1 aromatic heterocycles. The number of aliphatic hydroxyl groups is 1. The van der Waals surface area contributed by atoms with Gasteiger partial charge in [-0.3, -0.25) is 4.57 Å². The molecule has 0 amide bonds. The Morgan fingerprint density at radius 2 is 1.70 bits per heavy atom. The first-order valence-electron chi connectivity index (χ1n) is 9.79. The minimum Gasteiger partial charge on any atom is -0.399 e. The average molecular weight is 509 g/mol. The van der Waals surface area contributed by atoms with E-state index < -0.39 is 5.60 Å². The zero-order valence-corrected chi connectivity index (χ0v) is 19.2. The lowest BCUT2D eigenvalue weighted by Crippen LogP contribution is -2.15. The van der Waals surface area contributed by atoms with Crippen molar-refractivity contribution in [1.29, 1.82) is 0 Å². The molecule has 0 fully saturated rings. The molecule has 0 radical (unpaired) electrons. The quantitative estimate of drug-likeness (QED) is 0.199. The van der Waals surface area contributed by atoms with E-state index in [9.17, 15) is 5.11 Å². The van der Waals surface area contributed by atoms with Crippen LogP contribution in [0.3, 0.4) is 0 Å². The first kappa shape index (κ1) is 20.6. The molecule has 5 heteroatoms. The van der Waals surface area contributed by atoms with E-state index in [0.29, 0.717) is 5.69 Å². The summed E-state index contributed by atoms with van der Waals surface area (Å²) in [6, 6.07) is 24.5. The van der Waals surface area contributed by atoms with Crippen LogP contribution in [0.15, 0.2) is 79.0 Å². The summed E-state index contributed by atoms with van der Waals surface area (Å²) in [5.41, 5.74) is 11.8. The normalized spacial score (nSPS) is 11.6. The summed E-state index contributed by atoms with van der Waals surface area (Å²) < 4.78 is 2.94. The number of hydrogen-bond acceptors (Lipinski definition) is 3. The molecule has 0 aliphatic rings. The van der Waals surface area contributed by atoms with Crippen molar-refractivity contribution in [2.75, 3.05) is 5.73 Å². The van der Waals surface area contributed by atoms with Crippen LogP contribution in [0.4, 0.5) is 5.69 Å². The van der Waals surface area contributed by atoms with Crippen LogP contribution < -0.4 is 5.73 Å². The van der Waals surface area contributed by atoms with Crippen molar-refractivity contribution in [3.8, 4) is 28.2 Å². The van der Waals surface area contributed by atoms with Gasteiger partial charge in [0.05, 0.1) is 5.69 Å². The maximum Gasteiger partial charge on any atom is 0.145 e. The van der Waals surface area contributed by atoms with E-state index in [1.807, 2.05) is 36.5 Å². The van der Waals surface area contributed by atoms with E-state index in [4.69, 9.17) is 10.7 Å². The van der Waals surface area contributed by atoms with Crippen LogP contribution >= 0.6 is 22.6 Å². The highest BCUT2D eigenvalue weighted by Crippen LogP contribution is 2.31. The number of nitrogen functional groups attached to an aromatic ring is 1. The number of alkyl halides is 1. The molecule has 0 aliphatic carbocycles. The van der Waals surface area contributed by atoms with Gasteiger partial charge < -0.3 is 10.8 Å². The van der Waals surface area contributed by atoms with E-state index in [1.54, 1.807) is 13.8 Å². The Balaban J connectivity index is 1.83. The molecule has 152 valence electrons. The van der Waals surface area contributed by atoms with Gasteiger partial charge in [-0.1, -0.05) is 71.1 Å². The number of aromatic nitrogens is 2. The molecule has 0 saturated heterocycles. The third-order valence-electron chi connectivity index (χ3n) is 5.10. The molecule has 1 heterocycles. The lowest BCUT2D eigenvalue weighted by molar-refractivity contribution is 0.0743. The Morgan fingerprint density at radius 3 is 2.37 bits per heavy atom. The summed E-state index contributed by atoms with van der Waals surface area (Å²) in [5.74, 6) is 0.830. The Morgan fingerprint density at radius 1 is 0.967 bits per heavy atom. The van der Waals surface area contributed by atoms with Crippen molar-refractivity contribution in [3.05, 3.63) is 90.3 Å². The third kappa shape index (κ3) is 4.13. The topological polar surface area (TPSA) is 64.1 Å². The molecule has 3 aromatic carbocycles. The van der Waals surface area contributed by atoms with Gasteiger partial charge in [0.25, 0.3) is 0 Å². The van der Waals surface area contributed by atoms with Gasteiger partial charge in [0.15, 0.2) is 0 Å². The second-order valence-electron chi connectivity index (χ2n) is 7.84. The van der Waals surface area contributed by atoms with Crippen molar-refractivity contribution in [2.24, 2.45) is 0 Å². The summed E-state index contributed by atoms with van der Waals surface area (Å²) in [5, 5.41) is 10.6. The molecule has 3 N–H and O–H groups in total. The monoisotopic (exact) mass is 509 g/mol. The average Bonchev–Trinajstić information content (AvgIpc) is 3.20. The van der Waals surface area contributed by atoms with Crippen molar-refractivity contribution < 1.29 is 5.11 Å². The van der Waals surface area contributed by atoms with Crippen molar-refractivity contribution in [3.63, 3.8) is 0 Å². The molecular formula is C25H24IN3O. The molecule has 0 unspecified atom stereocenters. The minimum atomic E-state index is -1.03. The van der Waals surface area contributed by atoms with Gasteiger partial charge in [0, 0.05) is 27.6 Å². The van der Waals surface area contributed by atoms with Gasteiger partial charge in [0.2, 0.25) is 0 Å². The zero-order valence-electron chi connectivity index (χ0n) is 17.0. The lowest BCUT2D eigenvalue weighted by atomic mass is 10.0. The van der Waals surface area contributed by atoms with E-state index in [0.717, 1.165) is 38.3 Å². The molecule has 0 spiro atoms. The highest BCUT2D eigenvalue weighted by molar-refractivity contribution is 14.1. The van der Waals surface area contributed by atoms with Crippen LogP contribution in [0.25, 0.3) is 28.2 Å². The number of benzene rings is 3. The zero-order chi connectivity index (χ0) is 21.3. The van der Waals surface area contributed by atoms with Gasteiger partial charge in [-0.05, 0) is 54.8 Å². The van der Waals surface area contributed by atoms with Gasteiger partial charge in [-0.15, -0.1) is 0 Å². The van der Waals surface area contributed by atoms with Crippen LogP contribution in [0.2, 0.25) is 0 Å².